The Balaban J connectivity index is 1.90. The predicted octanol–water partition coefficient (Wildman–Crippen LogP) is 2.89. The van der Waals surface area contributed by atoms with Crippen LogP contribution in [0.4, 0.5) is 13.6 Å². The van der Waals surface area contributed by atoms with Gasteiger partial charge in [0.2, 0.25) is 0 Å². The number of halogens is 2. The van der Waals surface area contributed by atoms with Crippen LogP contribution in [0.15, 0.2) is 18.3 Å². The molecule has 1 unspecified atom stereocenters. The van der Waals surface area contributed by atoms with Gasteiger partial charge in [-0.25, -0.2) is 13.6 Å². The van der Waals surface area contributed by atoms with E-state index in [9.17, 15) is 13.6 Å². The van der Waals surface area contributed by atoms with E-state index in [-0.39, 0.29) is 38.0 Å². The maximum absolute atomic E-state index is 13.0. The Morgan fingerprint density at radius 3 is 2.60 bits per heavy atom. The lowest BCUT2D eigenvalue weighted by Gasteiger charge is -2.32. The van der Waals surface area contributed by atoms with Crippen molar-refractivity contribution in [3.05, 3.63) is 29.6 Å². The maximum atomic E-state index is 13.0. The summed E-state index contributed by atoms with van der Waals surface area (Å²) in [6.07, 6.45) is 1.19. The highest BCUT2D eigenvalue weighted by molar-refractivity contribution is 5.74. The predicted molar refractivity (Wildman–Crippen MR) is 71.7 cm³/mol. The van der Waals surface area contributed by atoms with Gasteiger partial charge in [0.25, 0.3) is 5.92 Å². The molecule has 1 saturated heterocycles. The Morgan fingerprint density at radius 1 is 1.40 bits per heavy atom. The SMILES string of the molecule is Cc1ccc(C(C)NC(=O)N2CCC(F)(F)CC2)cn1. The highest BCUT2D eigenvalue weighted by Gasteiger charge is 2.35. The lowest BCUT2D eigenvalue weighted by molar-refractivity contribution is -0.0470. The fourth-order valence-electron chi connectivity index (χ4n) is 2.13. The monoisotopic (exact) mass is 283 g/mol. The number of hydrogen-bond acceptors (Lipinski definition) is 2. The Labute approximate surface area is 117 Å². The van der Waals surface area contributed by atoms with E-state index in [0.29, 0.717) is 0 Å². The summed E-state index contributed by atoms with van der Waals surface area (Å²) in [5.74, 6) is -2.64. The molecule has 1 aromatic rings. The average Bonchev–Trinajstić information content (AvgIpc) is 2.39. The molecule has 1 fully saturated rings. The molecule has 6 heteroatoms. The van der Waals surface area contributed by atoms with Crippen molar-refractivity contribution >= 4 is 6.03 Å². The molecule has 0 bridgehead atoms. The van der Waals surface area contributed by atoms with Gasteiger partial charge in [-0.3, -0.25) is 4.98 Å². The van der Waals surface area contributed by atoms with E-state index in [0.717, 1.165) is 11.3 Å². The number of likely N-dealkylation sites (tertiary alicyclic amines) is 1. The summed E-state index contributed by atoms with van der Waals surface area (Å²) in [4.78, 5) is 17.6. The Hall–Kier alpha value is -1.72. The van der Waals surface area contributed by atoms with Gasteiger partial charge in [-0.05, 0) is 25.5 Å². The van der Waals surface area contributed by atoms with E-state index in [1.165, 1.54) is 4.90 Å². The Bertz CT molecular complexity index is 466. The van der Waals surface area contributed by atoms with Crippen LogP contribution in [0.3, 0.4) is 0 Å². The molecule has 20 heavy (non-hydrogen) atoms. The van der Waals surface area contributed by atoms with Crippen molar-refractivity contribution in [3.63, 3.8) is 0 Å². The largest absolute Gasteiger partial charge is 0.331 e. The summed E-state index contributed by atoms with van der Waals surface area (Å²) in [5, 5.41) is 2.81. The second-order valence-electron chi connectivity index (χ2n) is 5.25. The number of carbonyl (C=O) groups is 1. The van der Waals surface area contributed by atoms with Gasteiger partial charge in [-0.15, -0.1) is 0 Å². The third-order valence-corrected chi connectivity index (χ3v) is 3.56. The van der Waals surface area contributed by atoms with Crippen LogP contribution >= 0.6 is 0 Å². The Kier molecular flexibility index (Phi) is 4.20. The molecule has 0 aliphatic carbocycles. The highest BCUT2D eigenvalue weighted by atomic mass is 19.3. The van der Waals surface area contributed by atoms with Crippen LogP contribution in [0, 0.1) is 6.92 Å². The van der Waals surface area contributed by atoms with Crippen LogP contribution in [0.25, 0.3) is 0 Å². The zero-order chi connectivity index (χ0) is 14.8. The van der Waals surface area contributed by atoms with Crippen molar-refractivity contribution in [1.82, 2.24) is 15.2 Å². The van der Waals surface area contributed by atoms with Crippen molar-refractivity contribution in [3.8, 4) is 0 Å². The van der Waals surface area contributed by atoms with Gasteiger partial charge in [0, 0.05) is 37.8 Å². The summed E-state index contributed by atoms with van der Waals surface area (Å²) in [5.41, 5.74) is 1.80. The summed E-state index contributed by atoms with van der Waals surface area (Å²) < 4.78 is 26.1. The van der Waals surface area contributed by atoms with Crippen molar-refractivity contribution in [2.45, 2.75) is 38.7 Å². The first kappa shape index (κ1) is 14.7. The third-order valence-electron chi connectivity index (χ3n) is 3.56. The Morgan fingerprint density at radius 2 is 2.05 bits per heavy atom. The van der Waals surface area contributed by atoms with E-state index in [1.807, 2.05) is 26.0 Å². The van der Waals surface area contributed by atoms with Crippen LogP contribution in [0.5, 0.6) is 0 Å². The number of nitrogens with zero attached hydrogens (tertiary/aromatic N) is 2. The number of nitrogens with one attached hydrogen (secondary N) is 1. The van der Waals surface area contributed by atoms with Crippen molar-refractivity contribution in [1.29, 1.82) is 0 Å². The molecule has 0 aromatic carbocycles. The molecule has 1 aliphatic heterocycles. The summed E-state index contributed by atoms with van der Waals surface area (Å²) in [6.45, 7) is 3.93. The molecule has 1 aromatic heterocycles. The number of alkyl halides is 2. The minimum absolute atomic E-state index is 0.0949. The van der Waals surface area contributed by atoms with Crippen LogP contribution in [0.1, 0.15) is 37.1 Å². The smallest absolute Gasteiger partial charge is 0.317 e. The van der Waals surface area contributed by atoms with Crippen molar-refractivity contribution < 1.29 is 13.6 Å². The molecular formula is C14H19F2N3O. The lowest BCUT2D eigenvalue weighted by Crippen LogP contribution is -2.47. The van der Waals surface area contributed by atoms with Gasteiger partial charge < -0.3 is 10.2 Å². The minimum Gasteiger partial charge on any atom is -0.331 e. The van der Waals surface area contributed by atoms with Gasteiger partial charge >= 0.3 is 6.03 Å². The van der Waals surface area contributed by atoms with Gasteiger partial charge in [0.15, 0.2) is 0 Å². The number of aryl methyl sites for hydroxylation is 1. The molecule has 0 saturated carbocycles. The molecule has 1 N–H and O–H groups in total. The number of urea groups is 1. The van der Waals surface area contributed by atoms with Gasteiger partial charge in [0.05, 0.1) is 6.04 Å². The summed E-state index contributed by atoms with van der Waals surface area (Å²) >= 11 is 0. The topological polar surface area (TPSA) is 45.2 Å². The molecule has 2 amide bonds. The number of hydrogen-bond donors (Lipinski definition) is 1. The number of piperidine rings is 1. The quantitative estimate of drug-likeness (QED) is 0.907. The first-order valence-electron chi connectivity index (χ1n) is 6.73. The highest BCUT2D eigenvalue weighted by Crippen LogP contribution is 2.27. The van der Waals surface area contributed by atoms with E-state index >= 15 is 0 Å². The lowest BCUT2D eigenvalue weighted by atomic mass is 10.1. The van der Waals surface area contributed by atoms with Gasteiger partial charge in [0.1, 0.15) is 0 Å². The fraction of sp³-hybridized carbons (Fsp3) is 0.571. The molecule has 110 valence electrons. The van der Waals surface area contributed by atoms with Gasteiger partial charge in [-0.2, -0.15) is 0 Å². The molecule has 0 spiro atoms. The molecule has 1 aliphatic rings. The standard InChI is InChI=1S/C14H19F2N3O/c1-10-3-4-12(9-17-10)11(2)18-13(20)19-7-5-14(15,16)6-8-19/h3-4,9,11H,5-8H2,1-2H3,(H,18,20). The zero-order valence-electron chi connectivity index (χ0n) is 11.7. The first-order valence-corrected chi connectivity index (χ1v) is 6.73. The van der Waals surface area contributed by atoms with E-state index in [1.54, 1.807) is 6.20 Å². The molecule has 0 radical (unpaired) electrons. The molecule has 2 heterocycles. The molecule has 1 atom stereocenters. The molecule has 2 rings (SSSR count). The number of carbonyl (C=O) groups excluding carboxylic acids is 1. The molecular weight excluding hydrogens is 264 g/mol. The minimum atomic E-state index is -2.64. The maximum Gasteiger partial charge on any atom is 0.317 e. The number of amides is 2. The van der Waals surface area contributed by atoms with Crippen LogP contribution in [-0.2, 0) is 0 Å². The van der Waals surface area contributed by atoms with Crippen molar-refractivity contribution in [2.75, 3.05) is 13.1 Å². The van der Waals surface area contributed by atoms with Crippen molar-refractivity contribution in [2.24, 2.45) is 0 Å². The van der Waals surface area contributed by atoms with Crippen LogP contribution in [-0.4, -0.2) is 34.9 Å². The first-order chi connectivity index (χ1) is 9.37. The third kappa shape index (κ3) is 3.65. The van der Waals surface area contributed by atoms with E-state index in [2.05, 4.69) is 10.3 Å². The normalized spacial score (nSPS) is 19.5. The number of aromatic nitrogens is 1. The fourth-order valence-corrected chi connectivity index (χ4v) is 2.13. The second kappa shape index (κ2) is 5.73. The number of rotatable bonds is 2. The second-order valence-corrected chi connectivity index (χ2v) is 5.25. The zero-order valence-corrected chi connectivity index (χ0v) is 11.7. The van der Waals surface area contributed by atoms with Gasteiger partial charge in [-0.1, -0.05) is 6.07 Å². The van der Waals surface area contributed by atoms with Crippen LogP contribution in [0.2, 0.25) is 0 Å². The summed E-state index contributed by atoms with van der Waals surface area (Å²) in [7, 11) is 0. The average molecular weight is 283 g/mol. The van der Waals surface area contributed by atoms with Crippen LogP contribution < -0.4 is 5.32 Å². The molecule has 4 nitrogen and oxygen atoms in total. The van der Waals surface area contributed by atoms with E-state index < -0.39 is 5.92 Å². The summed E-state index contributed by atoms with van der Waals surface area (Å²) in [6, 6.07) is 3.28. The number of pyridine rings is 1. The van der Waals surface area contributed by atoms with E-state index in [4.69, 9.17) is 0 Å².